The van der Waals surface area contributed by atoms with Gasteiger partial charge < -0.3 is 15.7 Å². The third kappa shape index (κ3) is 3.72. The molecule has 24 heavy (non-hydrogen) atoms. The molecular formula is C17H20N2O4S. The van der Waals surface area contributed by atoms with E-state index < -0.39 is 17.4 Å². The number of hydrogen-bond acceptors (Lipinski definition) is 4. The standard InChI is InChI=1S/C17H20N2O4S/c20-14(11-4-5-11)18-13-3-1-2-12(10-13)15(21)19-17(16(22)23)6-8-24-9-7-17/h1-3,10-11H,4-9H2,(H,18,20)(H,19,21)(H,22,23). The first kappa shape index (κ1) is 16.8. The number of carboxylic acids is 1. The molecule has 1 aliphatic carbocycles. The molecule has 0 bridgehead atoms. The predicted molar refractivity (Wildman–Crippen MR) is 92.2 cm³/mol. The molecule has 2 amide bonds. The summed E-state index contributed by atoms with van der Waals surface area (Å²) in [5.41, 5.74) is -0.291. The number of aliphatic carboxylic acids is 1. The number of carbonyl (C=O) groups is 3. The lowest BCUT2D eigenvalue weighted by atomic mass is 9.92. The minimum atomic E-state index is -1.20. The van der Waals surface area contributed by atoms with Crippen LogP contribution < -0.4 is 10.6 Å². The van der Waals surface area contributed by atoms with Crippen molar-refractivity contribution in [2.75, 3.05) is 16.8 Å². The van der Waals surface area contributed by atoms with Crippen molar-refractivity contribution >= 4 is 35.2 Å². The Labute approximate surface area is 144 Å². The number of anilines is 1. The molecule has 0 unspecified atom stereocenters. The maximum absolute atomic E-state index is 12.5. The summed E-state index contributed by atoms with van der Waals surface area (Å²) in [6.07, 6.45) is 2.64. The van der Waals surface area contributed by atoms with Gasteiger partial charge >= 0.3 is 5.97 Å². The maximum atomic E-state index is 12.5. The number of benzene rings is 1. The van der Waals surface area contributed by atoms with Gasteiger partial charge in [0.25, 0.3) is 5.91 Å². The summed E-state index contributed by atoms with van der Waals surface area (Å²) >= 11 is 1.69. The lowest BCUT2D eigenvalue weighted by Gasteiger charge is -2.33. The lowest BCUT2D eigenvalue weighted by Crippen LogP contribution is -2.56. The van der Waals surface area contributed by atoms with Gasteiger partial charge in [-0.3, -0.25) is 9.59 Å². The Morgan fingerprint density at radius 3 is 2.50 bits per heavy atom. The number of hydrogen-bond donors (Lipinski definition) is 3. The van der Waals surface area contributed by atoms with Gasteiger partial charge in [0.2, 0.25) is 5.91 Å². The largest absolute Gasteiger partial charge is 0.480 e. The normalized spacial score (nSPS) is 19.3. The van der Waals surface area contributed by atoms with Gasteiger partial charge in [-0.1, -0.05) is 6.07 Å². The summed E-state index contributed by atoms with van der Waals surface area (Å²) in [4.78, 5) is 36.0. The Hall–Kier alpha value is -2.02. The molecule has 1 saturated carbocycles. The van der Waals surface area contributed by atoms with Crippen LogP contribution in [0.25, 0.3) is 0 Å². The van der Waals surface area contributed by atoms with Crippen molar-refractivity contribution in [3.63, 3.8) is 0 Å². The molecule has 1 aromatic rings. The van der Waals surface area contributed by atoms with Gasteiger partial charge in [0.15, 0.2) is 0 Å². The molecule has 0 radical (unpaired) electrons. The molecule has 2 aliphatic rings. The van der Waals surface area contributed by atoms with Crippen molar-refractivity contribution in [1.82, 2.24) is 5.32 Å². The first-order chi connectivity index (χ1) is 11.5. The van der Waals surface area contributed by atoms with Gasteiger partial charge in [0.1, 0.15) is 5.54 Å². The minimum absolute atomic E-state index is 0.0288. The number of nitrogens with one attached hydrogen (secondary N) is 2. The predicted octanol–water partition coefficient (Wildman–Crippen LogP) is 2.12. The maximum Gasteiger partial charge on any atom is 0.329 e. The molecule has 1 saturated heterocycles. The molecular weight excluding hydrogens is 328 g/mol. The quantitative estimate of drug-likeness (QED) is 0.757. The van der Waals surface area contributed by atoms with E-state index in [1.165, 1.54) is 0 Å². The van der Waals surface area contributed by atoms with E-state index in [2.05, 4.69) is 10.6 Å². The van der Waals surface area contributed by atoms with Crippen LogP contribution in [-0.4, -0.2) is 39.9 Å². The zero-order chi connectivity index (χ0) is 17.2. The molecule has 0 aromatic heterocycles. The minimum Gasteiger partial charge on any atom is -0.480 e. The van der Waals surface area contributed by atoms with Crippen molar-refractivity contribution < 1.29 is 19.5 Å². The fourth-order valence-electron chi connectivity index (χ4n) is 2.73. The smallest absolute Gasteiger partial charge is 0.329 e. The first-order valence-electron chi connectivity index (χ1n) is 8.05. The van der Waals surface area contributed by atoms with E-state index in [0.717, 1.165) is 12.8 Å². The Kier molecular flexibility index (Phi) is 4.80. The van der Waals surface area contributed by atoms with Crippen LogP contribution in [0, 0.1) is 5.92 Å². The summed E-state index contributed by atoms with van der Waals surface area (Å²) in [5.74, 6) is 0.0613. The van der Waals surface area contributed by atoms with Gasteiger partial charge in [0.05, 0.1) is 0 Å². The summed E-state index contributed by atoms with van der Waals surface area (Å²) in [7, 11) is 0. The summed E-state index contributed by atoms with van der Waals surface area (Å²) in [6, 6.07) is 6.61. The van der Waals surface area contributed by atoms with E-state index in [0.29, 0.717) is 35.6 Å². The van der Waals surface area contributed by atoms with Crippen LogP contribution in [0.2, 0.25) is 0 Å². The second-order valence-electron chi connectivity index (χ2n) is 6.30. The van der Waals surface area contributed by atoms with E-state index in [1.807, 2.05) is 0 Å². The highest BCUT2D eigenvalue weighted by Crippen LogP contribution is 2.30. The zero-order valence-electron chi connectivity index (χ0n) is 13.2. The molecule has 3 rings (SSSR count). The average molecular weight is 348 g/mol. The van der Waals surface area contributed by atoms with Gasteiger partial charge in [-0.2, -0.15) is 11.8 Å². The van der Waals surface area contributed by atoms with Crippen molar-refractivity contribution in [1.29, 1.82) is 0 Å². The molecule has 0 spiro atoms. The highest BCUT2D eigenvalue weighted by molar-refractivity contribution is 7.99. The molecule has 0 atom stereocenters. The Morgan fingerprint density at radius 2 is 1.88 bits per heavy atom. The van der Waals surface area contributed by atoms with E-state index in [4.69, 9.17) is 0 Å². The molecule has 1 aliphatic heterocycles. The molecule has 1 aromatic carbocycles. The molecule has 2 fully saturated rings. The van der Waals surface area contributed by atoms with E-state index in [1.54, 1.807) is 36.0 Å². The highest BCUT2D eigenvalue weighted by atomic mass is 32.2. The van der Waals surface area contributed by atoms with Crippen molar-refractivity contribution in [3.05, 3.63) is 29.8 Å². The van der Waals surface area contributed by atoms with Crippen LogP contribution in [-0.2, 0) is 9.59 Å². The fourth-order valence-corrected chi connectivity index (χ4v) is 3.92. The summed E-state index contributed by atoms with van der Waals surface area (Å²) < 4.78 is 0. The van der Waals surface area contributed by atoms with Crippen molar-refractivity contribution in [2.45, 2.75) is 31.2 Å². The van der Waals surface area contributed by atoms with Crippen LogP contribution >= 0.6 is 11.8 Å². The van der Waals surface area contributed by atoms with E-state index >= 15 is 0 Å². The molecule has 128 valence electrons. The lowest BCUT2D eigenvalue weighted by molar-refractivity contribution is -0.144. The third-order valence-corrected chi connectivity index (χ3v) is 5.43. The molecule has 6 nitrogen and oxygen atoms in total. The van der Waals surface area contributed by atoms with Gasteiger partial charge in [-0.25, -0.2) is 4.79 Å². The second-order valence-corrected chi connectivity index (χ2v) is 7.52. The average Bonchev–Trinajstić information content (AvgIpc) is 3.41. The van der Waals surface area contributed by atoms with Gasteiger partial charge in [-0.05, 0) is 55.4 Å². The number of amides is 2. The SMILES string of the molecule is O=C(NC1(C(=O)O)CCSCC1)c1cccc(NC(=O)C2CC2)c1. The van der Waals surface area contributed by atoms with Crippen LogP contribution in [0.3, 0.4) is 0 Å². The van der Waals surface area contributed by atoms with Crippen LogP contribution in [0.5, 0.6) is 0 Å². The van der Waals surface area contributed by atoms with E-state index in [-0.39, 0.29) is 11.8 Å². The Morgan fingerprint density at radius 1 is 1.17 bits per heavy atom. The van der Waals surface area contributed by atoms with Crippen molar-refractivity contribution in [3.8, 4) is 0 Å². The topological polar surface area (TPSA) is 95.5 Å². The molecule has 7 heteroatoms. The number of rotatable bonds is 5. The van der Waals surface area contributed by atoms with Gasteiger partial charge in [-0.15, -0.1) is 0 Å². The Bertz CT molecular complexity index is 666. The Balaban J connectivity index is 1.71. The van der Waals surface area contributed by atoms with Crippen LogP contribution in [0.4, 0.5) is 5.69 Å². The second kappa shape index (κ2) is 6.84. The van der Waals surface area contributed by atoms with Crippen molar-refractivity contribution in [2.24, 2.45) is 5.92 Å². The first-order valence-corrected chi connectivity index (χ1v) is 9.20. The zero-order valence-corrected chi connectivity index (χ0v) is 14.0. The number of carboxylic acid groups (broad SMARTS) is 1. The third-order valence-electron chi connectivity index (χ3n) is 4.45. The summed E-state index contributed by atoms with van der Waals surface area (Å²) in [5, 5.41) is 15.0. The number of carbonyl (C=O) groups excluding carboxylic acids is 2. The van der Waals surface area contributed by atoms with E-state index in [9.17, 15) is 19.5 Å². The summed E-state index contributed by atoms with van der Waals surface area (Å²) in [6.45, 7) is 0. The van der Waals surface area contributed by atoms with Crippen LogP contribution in [0.15, 0.2) is 24.3 Å². The van der Waals surface area contributed by atoms with Gasteiger partial charge in [0, 0.05) is 17.2 Å². The number of thioether (sulfide) groups is 1. The monoisotopic (exact) mass is 348 g/mol. The molecule has 1 heterocycles. The highest BCUT2D eigenvalue weighted by Gasteiger charge is 2.41. The molecule has 3 N–H and O–H groups in total. The fraction of sp³-hybridized carbons (Fsp3) is 0.471. The van der Waals surface area contributed by atoms with Crippen LogP contribution in [0.1, 0.15) is 36.0 Å².